The Kier molecular flexibility index (Phi) is 2.49. The van der Waals surface area contributed by atoms with Crippen LogP contribution in [0, 0.1) is 0 Å². The standard InChI is InChI=1S/C12H8ClN3O/c13-6-11-15-12(16-17-11)9-1-2-10-7-14-4-3-8(10)5-9/h1-5,7H,6H2. The molecular formula is C12H8ClN3O. The van der Waals surface area contributed by atoms with E-state index in [1.807, 2.05) is 30.5 Å². The molecule has 0 spiro atoms. The van der Waals surface area contributed by atoms with Crippen LogP contribution in [0.15, 0.2) is 41.2 Å². The number of fused-ring (bicyclic) bond motifs is 1. The van der Waals surface area contributed by atoms with Crippen LogP contribution in [0.5, 0.6) is 0 Å². The lowest BCUT2D eigenvalue weighted by Crippen LogP contribution is -1.83. The third-order valence-electron chi connectivity index (χ3n) is 2.48. The minimum absolute atomic E-state index is 0.227. The molecule has 0 N–H and O–H groups in total. The maximum absolute atomic E-state index is 5.62. The van der Waals surface area contributed by atoms with Crippen molar-refractivity contribution < 1.29 is 4.52 Å². The molecule has 84 valence electrons. The molecule has 0 saturated heterocycles. The Morgan fingerprint density at radius 3 is 2.94 bits per heavy atom. The summed E-state index contributed by atoms with van der Waals surface area (Å²) in [4.78, 5) is 8.25. The summed E-state index contributed by atoms with van der Waals surface area (Å²) in [6, 6.07) is 7.86. The predicted molar refractivity (Wildman–Crippen MR) is 64.6 cm³/mol. The summed E-state index contributed by atoms with van der Waals surface area (Å²) in [6.45, 7) is 0. The molecule has 3 aromatic rings. The molecule has 0 fully saturated rings. The van der Waals surface area contributed by atoms with Gasteiger partial charge in [0.15, 0.2) is 0 Å². The first-order valence-corrected chi connectivity index (χ1v) is 5.63. The van der Waals surface area contributed by atoms with Gasteiger partial charge >= 0.3 is 0 Å². The number of halogens is 1. The van der Waals surface area contributed by atoms with E-state index >= 15 is 0 Å². The van der Waals surface area contributed by atoms with Crippen LogP contribution in [0.25, 0.3) is 22.2 Å². The van der Waals surface area contributed by atoms with E-state index in [1.165, 1.54) is 0 Å². The van der Waals surface area contributed by atoms with Crippen molar-refractivity contribution in [3.63, 3.8) is 0 Å². The van der Waals surface area contributed by atoms with Crippen LogP contribution in [0.4, 0.5) is 0 Å². The molecule has 2 heterocycles. The van der Waals surface area contributed by atoms with E-state index in [0.717, 1.165) is 16.3 Å². The minimum Gasteiger partial charge on any atom is -0.338 e. The molecule has 0 unspecified atom stereocenters. The maximum Gasteiger partial charge on any atom is 0.241 e. The molecule has 0 saturated carbocycles. The molecule has 17 heavy (non-hydrogen) atoms. The SMILES string of the molecule is ClCc1nc(-c2ccc3cnccc3c2)no1. The third-order valence-corrected chi connectivity index (χ3v) is 2.71. The van der Waals surface area contributed by atoms with E-state index in [-0.39, 0.29) is 5.88 Å². The summed E-state index contributed by atoms with van der Waals surface area (Å²) in [5.41, 5.74) is 0.906. The van der Waals surface area contributed by atoms with Gasteiger partial charge in [-0.15, -0.1) is 11.6 Å². The average molecular weight is 246 g/mol. The van der Waals surface area contributed by atoms with Crippen molar-refractivity contribution in [3.05, 3.63) is 42.5 Å². The van der Waals surface area contributed by atoms with Gasteiger partial charge < -0.3 is 4.52 Å². The third kappa shape index (κ3) is 1.87. The number of benzene rings is 1. The Bertz CT molecular complexity index is 665. The Hall–Kier alpha value is -1.94. The van der Waals surface area contributed by atoms with Gasteiger partial charge in [-0.1, -0.05) is 17.3 Å². The van der Waals surface area contributed by atoms with E-state index < -0.39 is 0 Å². The van der Waals surface area contributed by atoms with Crippen LogP contribution in [0.3, 0.4) is 0 Å². The zero-order chi connectivity index (χ0) is 11.7. The second kappa shape index (κ2) is 4.14. The molecule has 0 aliphatic heterocycles. The molecule has 4 nitrogen and oxygen atoms in total. The molecule has 5 heteroatoms. The van der Waals surface area contributed by atoms with Gasteiger partial charge in [-0.2, -0.15) is 4.98 Å². The van der Waals surface area contributed by atoms with Gasteiger partial charge in [-0.25, -0.2) is 0 Å². The predicted octanol–water partition coefficient (Wildman–Crippen LogP) is 3.02. The average Bonchev–Trinajstić information content (AvgIpc) is 2.87. The van der Waals surface area contributed by atoms with Crippen LogP contribution in [-0.2, 0) is 5.88 Å². The monoisotopic (exact) mass is 245 g/mol. The van der Waals surface area contributed by atoms with Gasteiger partial charge in [0.05, 0.1) is 0 Å². The maximum atomic E-state index is 5.62. The lowest BCUT2D eigenvalue weighted by Gasteiger charge is -1.98. The fourth-order valence-electron chi connectivity index (χ4n) is 1.65. The second-order valence-corrected chi connectivity index (χ2v) is 3.85. The quantitative estimate of drug-likeness (QED) is 0.651. The van der Waals surface area contributed by atoms with Crippen molar-refractivity contribution in [1.29, 1.82) is 0 Å². The summed E-state index contributed by atoms with van der Waals surface area (Å²) in [5, 5.41) is 6.05. The minimum atomic E-state index is 0.227. The van der Waals surface area contributed by atoms with Crippen molar-refractivity contribution in [2.45, 2.75) is 5.88 Å². The Morgan fingerprint density at radius 1 is 1.18 bits per heavy atom. The first kappa shape index (κ1) is 10.2. The molecule has 0 amide bonds. The van der Waals surface area contributed by atoms with E-state index in [4.69, 9.17) is 16.1 Å². The number of aromatic nitrogens is 3. The molecule has 0 bridgehead atoms. The van der Waals surface area contributed by atoms with E-state index in [2.05, 4.69) is 15.1 Å². The summed E-state index contributed by atoms with van der Waals surface area (Å²) >= 11 is 5.62. The smallest absolute Gasteiger partial charge is 0.241 e. The number of hydrogen-bond donors (Lipinski definition) is 0. The number of pyridine rings is 1. The van der Waals surface area contributed by atoms with Gasteiger partial charge in [-0.3, -0.25) is 4.98 Å². The molecule has 2 aromatic heterocycles. The molecule has 0 aliphatic carbocycles. The number of nitrogens with zero attached hydrogens (tertiary/aromatic N) is 3. The fourth-order valence-corrected chi connectivity index (χ4v) is 1.76. The van der Waals surface area contributed by atoms with Gasteiger partial charge in [-0.05, 0) is 17.5 Å². The lowest BCUT2D eigenvalue weighted by molar-refractivity contribution is 0.391. The van der Waals surface area contributed by atoms with E-state index in [1.54, 1.807) is 6.20 Å². The first-order valence-electron chi connectivity index (χ1n) is 5.09. The highest BCUT2D eigenvalue weighted by molar-refractivity contribution is 6.16. The summed E-state index contributed by atoms with van der Waals surface area (Å²) < 4.78 is 4.97. The number of hydrogen-bond acceptors (Lipinski definition) is 4. The topological polar surface area (TPSA) is 51.8 Å². The normalized spacial score (nSPS) is 10.9. The van der Waals surface area contributed by atoms with Crippen molar-refractivity contribution in [2.24, 2.45) is 0 Å². The Labute approximate surface area is 102 Å². The summed E-state index contributed by atoms with van der Waals surface area (Å²) in [6.07, 6.45) is 3.58. The molecule has 0 atom stereocenters. The van der Waals surface area contributed by atoms with Gasteiger partial charge in [0.2, 0.25) is 11.7 Å². The Balaban J connectivity index is 2.11. The molecule has 3 rings (SSSR count). The van der Waals surface area contributed by atoms with Crippen LogP contribution in [0.2, 0.25) is 0 Å². The first-order chi connectivity index (χ1) is 8.36. The van der Waals surface area contributed by atoms with Crippen molar-refractivity contribution in [3.8, 4) is 11.4 Å². The number of rotatable bonds is 2. The zero-order valence-corrected chi connectivity index (χ0v) is 9.55. The van der Waals surface area contributed by atoms with Crippen LogP contribution in [0.1, 0.15) is 5.89 Å². The van der Waals surface area contributed by atoms with E-state index in [0.29, 0.717) is 11.7 Å². The van der Waals surface area contributed by atoms with Crippen molar-refractivity contribution in [2.75, 3.05) is 0 Å². The molecule has 0 radical (unpaired) electrons. The molecular weight excluding hydrogens is 238 g/mol. The molecule has 0 aliphatic rings. The highest BCUT2D eigenvalue weighted by Gasteiger charge is 2.07. The van der Waals surface area contributed by atoms with Crippen molar-refractivity contribution >= 4 is 22.4 Å². The lowest BCUT2D eigenvalue weighted by atomic mass is 10.1. The molecule has 1 aromatic carbocycles. The van der Waals surface area contributed by atoms with Crippen LogP contribution in [-0.4, -0.2) is 15.1 Å². The van der Waals surface area contributed by atoms with Gasteiger partial charge in [0.1, 0.15) is 5.88 Å². The number of alkyl halides is 1. The van der Waals surface area contributed by atoms with Crippen molar-refractivity contribution in [1.82, 2.24) is 15.1 Å². The Morgan fingerprint density at radius 2 is 2.12 bits per heavy atom. The largest absolute Gasteiger partial charge is 0.338 e. The van der Waals surface area contributed by atoms with Crippen LogP contribution >= 0.6 is 11.6 Å². The summed E-state index contributed by atoms with van der Waals surface area (Å²) in [7, 11) is 0. The zero-order valence-electron chi connectivity index (χ0n) is 8.80. The highest BCUT2D eigenvalue weighted by Crippen LogP contribution is 2.21. The van der Waals surface area contributed by atoms with Gasteiger partial charge in [0, 0.05) is 23.3 Å². The highest BCUT2D eigenvalue weighted by atomic mass is 35.5. The van der Waals surface area contributed by atoms with Gasteiger partial charge in [0.25, 0.3) is 0 Å². The fraction of sp³-hybridized carbons (Fsp3) is 0.0833. The van der Waals surface area contributed by atoms with E-state index in [9.17, 15) is 0 Å². The second-order valence-electron chi connectivity index (χ2n) is 3.58. The summed E-state index contributed by atoms with van der Waals surface area (Å²) in [5.74, 6) is 1.21. The van der Waals surface area contributed by atoms with Crippen LogP contribution < -0.4 is 0 Å².